The number of carbonyl (C=O) groups is 1. The Kier molecular flexibility index (Phi) is 8.21. The van der Waals surface area contributed by atoms with Crippen LogP contribution in [0.1, 0.15) is 41.5 Å². The molecule has 6 nitrogen and oxygen atoms in total. The van der Waals surface area contributed by atoms with Crippen LogP contribution in [0.15, 0.2) is 0 Å². The highest BCUT2D eigenvalue weighted by Crippen LogP contribution is 2.17. The molecule has 0 aliphatic heterocycles. The number of hydrogen-bond donors (Lipinski definition) is 2. The minimum Gasteiger partial charge on any atom is -0.444 e. The second kappa shape index (κ2) is 8.56. The summed E-state index contributed by atoms with van der Waals surface area (Å²) in [6.45, 7) is 12.9. The molecule has 0 saturated carbocycles. The van der Waals surface area contributed by atoms with Crippen LogP contribution in [0.2, 0.25) is 0 Å². The molecule has 0 rings (SSSR count). The molecular weight excluding hydrogens is 272 g/mol. The molecule has 0 bridgehead atoms. The van der Waals surface area contributed by atoms with Gasteiger partial charge in [-0.25, -0.2) is 4.79 Å². The molecule has 0 aliphatic rings. The molecule has 0 aromatic heterocycles. The van der Waals surface area contributed by atoms with Gasteiger partial charge in [0.05, 0.1) is 19.3 Å². The zero-order valence-corrected chi connectivity index (χ0v) is 14.5. The Bertz CT molecular complexity index is 308. The topological polar surface area (TPSA) is 71.0 Å². The van der Waals surface area contributed by atoms with Crippen molar-refractivity contribution in [2.75, 3.05) is 33.4 Å². The van der Waals surface area contributed by atoms with Crippen LogP contribution < -0.4 is 5.32 Å². The van der Waals surface area contributed by atoms with E-state index in [0.717, 1.165) is 0 Å². The van der Waals surface area contributed by atoms with Gasteiger partial charge in [0.1, 0.15) is 5.60 Å². The minimum absolute atomic E-state index is 0.00417. The summed E-state index contributed by atoms with van der Waals surface area (Å²) in [6, 6.07) is -0.129. The first kappa shape index (κ1) is 20.1. The molecule has 0 aromatic carbocycles. The number of hydrogen-bond acceptors (Lipinski definition) is 5. The van der Waals surface area contributed by atoms with E-state index in [9.17, 15) is 9.90 Å². The molecule has 6 heteroatoms. The van der Waals surface area contributed by atoms with Crippen LogP contribution in [0.5, 0.6) is 0 Å². The standard InChI is InChI=1S/C15H32N2O4/c1-14(2,3)17(13(19)21-15(4,5)6)9-8-16-12(10-18)11-20-7/h12,16,18H,8-11H2,1-7H3. The maximum atomic E-state index is 12.3. The molecule has 0 spiro atoms. The molecule has 126 valence electrons. The van der Waals surface area contributed by atoms with Gasteiger partial charge in [-0.2, -0.15) is 0 Å². The van der Waals surface area contributed by atoms with E-state index in [0.29, 0.717) is 19.7 Å². The van der Waals surface area contributed by atoms with Gasteiger partial charge < -0.3 is 24.8 Å². The Labute approximate surface area is 128 Å². The summed E-state index contributed by atoms with van der Waals surface area (Å²) in [5.41, 5.74) is -0.850. The lowest BCUT2D eigenvalue weighted by Gasteiger charge is -2.37. The first-order chi connectivity index (χ1) is 9.51. The quantitative estimate of drug-likeness (QED) is 0.748. The Balaban J connectivity index is 4.55. The van der Waals surface area contributed by atoms with Crippen LogP contribution >= 0.6 is 0 Å². The summed E-state index contributed by atoms with van der Waals surface area (Å²) in [6.07, 6.45) is -0.330. The molecule has 0 aliphatic carbocycles. The number of ether oxygens (including phenoxy) is 2. The van der Waals surface area contributed by atoms with Crippen LogP contribution in [0.4, 0.5) is 4.79 Å². The van der Waals surface area contributed by atoms with E-state index in [1.165, 1.54) is 0 Å². The fourth-order valence-corrected chi connectivity index (χ4v) is 1.78. The van der Waals surface area contributed by atoms with Crippen molar-refractivity contribution < 1.29 is 19.4 Å². The van der Waals surface area contributed by atoms with Gasteiger partial charge in [-0.05, 0) is 41.5 Å². The molecule has 1 atom stereocenters. The summed E-state index contributed by atoms with van der Waals surface area (Å²) >= 11 is 0. The van der Waals surface area contributed by atoms with Gasteiger partial charge in [0.2, 0.25) is 0 Å². The molecule has 21 heavy (non-hydrogen) atoms. The normalized spacial score (nSPS) is 13.9. The third-order valence-electron chi connectivity index (χ3n) is 2.78. The van der Waals surface area contributed by atoms with E-state index in [-0.39, 0.29) is 24.3 Å². The second-order valence-electron chi connectivity index (χ2n) is 7.09. The van der Waals surface area contributed by atoms with Gasteiger partial charge in [-0.3, -0.25) is 0 Å². The number of carbonyl (C=O) groups excluding carboxylic acids is 1. The van der Waals surface area contributed by atoms with Gasteiger partial charge in [0.15, 0.2) is 0 Å². The van der Waals surface area contributed by atoms with E-state index in [1.54, 1.807) is 12.0 Å². The highest BCUT2D eigenvalue weighted by Gasteiger charge is 2.30. The largest absolute Gasteiger partial charge is 0.444 e. The van der Waals surface area contributed by atoms with Gasteiger partial charge in [-0.1, -0.05) is 0 Å². The van der Waals surface area contributed by atoms with Crippen molar-refractivity contribution in [3.63, 3.8) is 0 Å². The lowest BCUT2D eigenvalue weighted by molar-refractivity contribution is 0.00610. The van der Waals surface area contributed by atoms with Gasteiger partial charge in [0.25, 0.3) is 0 Å². The van der Waals surface area contributed by atoms with Crippen molar-refractivity contribution >= 4 is 6.09 Å². The van der Waals surface area contributed by atoms with Crippen LogP contribution in [0, 0.1) is 0 Å². The van der Waals surface area contributed by atoms with Crippen LogP contribution in [-0.2, 0) is 9.47 Å². The molecule has 0 fully saturated rings. The molecule has 0 heterocycles. The number of aliphatic hydroxyl groups excluding tert-OH is 1. The van der Waals surface area contributed by atoms with Crippen molar-refractivity contribution in [1.82, 2.24) is 10.2 Å². The maximum absolute atomic E-state index is 12.3. The maximum Gasteiger partial charge on any atom is 0.410 e. The fourth-order valence-electron chi connectivity index (χ4n) is 1.78. The second-order valence-corrected chi connectivity index (χ2v) is 7.09. The lowest BCUT2D eigenvalue weighted by atomic mass is 10.1. The Morgan fingerprint density at radius 3 is 2.19 bits per heavy atom. The monoisotopic (exact) mass is 304 g/mol. The van der Waals surface area contributed by atoms with Crippen molar-refractivity contribution in [3.05, 3.63) is 0 Å². The van der Waals surface area contributed by atoms with E-state index in [1.807, 2.05) is 41.5 Å². The van der Waals surface area contributed by atoms with E-state index >= 15 is 0 Å². The van der Waals surface area contributed by atoms with Gasteiger partial charge in [0, 0.05) is 25.7 Å². The molecule has 2 N–H and O–H groups in total. The highest BCUT2D eigenvalue weighted by molar-refractivity contribution is 5.69. The van der Waals surface area contributed by atoms with Crippen LogP contribution in [-0.4, -0.2) is 66.7 Å². The van der Waals surface area contributed by atoms with Crippen molar-refractivity contribution in [3.8, 4) is 0 Å². The number of methoxy groups -OCH3 is 1. The average molecular weight is 304 g/mol. The van der Waals surface area contributed by atoms with Gasteiger partial charge >= 0.3 is 6.09 Å². The molecule has 0 aromatic rings. The fraction of sp³-hybridized carbons (Fsp3) is 0.933. The number of nitrogens with zero attached hydrogens (tertiary/aromatic N) is 1. The van der Waals surface area contributed by atoms with Crippen molar-refractivity contribution in [1.29, 1.82) is 0 Å². The number of nitrogens with one attached hydrogen (secondary N) is 1. The lowest BCUT2D eigenvalue weighted by Crippen LogP contribution is -2.51. The molecular formula is C15H32N2O4. The first-order valence-electron chi connectivity index (χ1n) is 7.35. The third-order valence-corrected chi connectivity index (χ3v) is 2.78. The summed E-state index contributed by atoms with van der Waals surface area (Å²) in [5.74, 6) is 0. The predicted octanol–water partition coefficient (Wildman–Crippen LogP) is 1.62. The summed E-state index contributed by atoms with van der Waals surface area (Å²) in [4.78, 5) is 14.0. The van der Waals surface area contributed by atoms with E-state index in [2.05, 4.69) is 5.32 Å². The predicted molar refractivity (Wildman–Crippen MR) is 83.4 cm³/mol. The SMILES string of the molecule is COCC(CO)NCCN(C(=O)OC(C)(C)C)C(C)(C)C. The Morgan fingerprint density at radius 2 is 1.81 bits per heavy atom. The van der Waals surface area contributed by atoms with Crippen LogP contribution in [0.25, 0.3) is 0 Å². The average Bonchev–Trinajstić information content (AvgIpc) is 2.28. The summed E-state index contributed by atoms with van der Waals surface area (Å²) in [5, 5.41) is 12.4. The molecule has 1 amide bonds. The molecule has 1 unspecified atom stereocenters. The smallest absolute Gasteiger partial charge is 0.410 e. The zero-order chi connectivity index (χ0) is 16.7. The Hall–Kier alpha value is -0.850. The highest BCUT2D eigenvalue weighted by atomic mass is 16.6. The first-order valence-corrected chi connectivity index (χ1v) is 7.35. The molecule has 0 radical (unpaired) electrons. The Morgan fingerprint density at radius 1 is 1.24 bits per heavy atom. The number of rotatable bonds is 7. The van der Waals surface area contributed by atoms with Crippen molar-refractivity contribution in [2.45, 2.75) is 58.7 Å². The van der Waals surface area contributed by atoms with Crippen molar-refractivity contribution in [2.24, 2.45) is 0 Å². The minimum atomic E-state index is -0.516. The molecule has 0 saturated heterocycles. The summed E-state index contributed by atoms with van der Waals surface area (Å²) in [7, 11) is 1.59. The third kappa shape index (κ3) is 8.90. The number of amides is 1. The zero-order valence-electron chi connectivity index (χ0n) is 14.5. The van der Waals surface area contributed by atoms with Gasteiger partial charge in [-0.15, -0.1) is 0 Å². The van der Waals surface area contributed by atoms with E-state index < -0.39 is 5.60 Å². The van der Waals surface area contributed by atoms with E-state index in [4.69, 9.17) is 9.47 Å². The van der Waals surface area contributed by atoms with Crippen LogP contribution in [0.3, 0.4) is 0 Å². The number of aliphatic hydroxyl groups is 1. The summed E-state index contributed by atoms with van der Waals surface area (Å²) < 4.78 is 10.4.